The molecule has 142 valence electrons. The number of halogens is 1. The Morgan fingerprint density at radius 1 is 1.39 bits per heavy atom. The van der Waals surface area contributed by atoms with Crippen LogP contribution in [0.4, 0.5) is 10.1 Å². The number of carbonyl (C=O) groups is 1. The number of aliphatic imine (C=N–C) groups is 1. The standard InChI is InChI=1S/C18H17BFN5O2S/c19-11-6-22-15(23-7-11)16(26)24-12-1-2-14(20)13(5-12)18-3-4-27-8-10(18)9-28-17(21)25-18/h1-2,5-7,10H,3-4,8-9H2,(H2,21,25)(H,24,26). The van der Waals surface area contributed by atoms with Crippen molar-refractivity contribution >= 4 is 41.8 Å². The number of amidine groups is 1. The highest BCUT2D eigenvalue weighted by molar-refractivity contribution is 8.13. The number of anilines is 1. The molecule has 0 saturated carbocycles. The lowest BCUT2D eigenvalue weighted by molar-refractivity contribution is 0.00886. The second kappa shape index (κ2) is 7.52. The van der Waals surface area contributed by atoms with E-state index in [0.717, 1.165) is 0 Å². The lowest BCUT2D eigenvalue weighted by Crippen LogP contribution is -2.47. The van der Waals surface area contributed by atoms with Crippen LogP contribution in [0.3, 0.4) is 0 Å². The molecule has 2 radical (unpaired) electrons. The monoisotopic (exact) mass is 397 g/mol. The number of rotatable bonds is 3. The lowest BCUT2D eigenvalue weighted by Gasteiger charge is -2.44. The first-order valence-electron chi connectivity index (χ1n) is 8.73. The van der Waals surface area contributed by atoms with Crippen LogP contribution in [0.1, 0.15) is 22.6 Å². The SMILES string of the molecule is [B]c1cnc(C(=O)Nc2ccc(F)c(C34CCOCC3CSC(N)=N4)c2)nc1. The van der Waals surface area contributed by atoms with Gasteiger partial charge in [0.25, 0.3) is 5.91 Å². The molecular formula is C18H17BFN5O2S. The second-order valence-electron chi connectivity index (χ2n) is 6.70. The second-order valence-corrected chi connectivity index (χ2v) is 7.74. The van der Waals surface area contributed by atoms with Crippen LogP contribution in [-0.2, 0) is 10.3 Å². The third kappa shape index (κ3) is 3.49. The molecule has 0 spiro atoms. The van der Waals surface area contributed by atoms with E-state index in [4.69, 9.17) is 18.3 Å². The average molecular weight is 397 g/mol. The molecule has 2 unspecified atom stereocenters. The molecule has 2 aromatic rings. The summed E-state index contributed by atoms with van der Waals surface area (Å²) in [5.41, 5.74) is 6.36. The molecule has 10 heteroatoms. The van der Waals surface area contributed by atoms with Crippen LogP contribution >= 0.6 is 11.8 Å². The first-order valence-corrected chi connectivity index (χ1v) is 9.71. The van der Waals surface area contributed by atoms with Gasteiger partial charge in [-0.1, -0.05) is 17.2 Å². The van der Waals surface area contributed by atoms with Gasteiger partial charge in [0.1, 0.15) is 13.7 Å². The van der Waals surface area contributed by atoms with Crippen molar-refractivity contribution in [2.45, 2.75) is 12.0 Å². The van der Waals surface area contributed by atoms with Crippen LogP contribution in [0.15, 0.2) is 35.6 Å². The Morgan fingerprint density at radius 2 is 2.18 bits per heavy atom. The third-order valence-electron chi connectivity index (χ3n) is 4.93. The van der Waals surface area contributed by atoms with Gasteiger partial charge in [0.15, 0.2) is 5.17 Å². The predicted octanol–water partition coefficient (Wildman–Crippen LogP) is 0.955. The number of nitrogens with zero attached hydrogens (tertiary/aromatic N) is 3. The molecular weight excluding hydrogens is 380 g/mol. The van der Waals surface area contributed by atoms with E-state index in [9.17, 15) is 9.18 Å². The largest absolute Gasteiger partial charge is 0.381 e. The van der Waals surface area contributed by atoms with E-state index in [1.165, 1.54) is 36.3 Å². The number of benzene rings is 1. The molecule has 1 aromatic heterocycles. The molecule has 3 N–H and O–H groups in total. The van der Waals surface area contributed by atoms with Crippen LogP contribution in [0.25, 0.3) is 0 Å². The number of hydrogen-bond donors (Lipinski definition) is 2. The van der Waals surface area contributed by atoms with E-state index in [0.29, 0.717) is 47.3 Å². The molecule has 1 saturated heterocycles. The molecule has 0 aliphatic carbocycles. The zero-order valence-electron chi connectivity index (χ0n) is 14.9. The Balaban J connectivity index is 1.68. The van der Waals surface area contributed by atoms with E-state index < -0.39 is 17.3 Å². The minimum absolute atomic E-state index is 0.000525. The van der Waals surface area contributed by atoms with Gasteiger partial charge >= 0.3 is 0 Å². The van der Waals surface area contributed by atoms with Gasteiger partial charge < -0.3 is 15.8 Å². The lowest BCUT2D eigenvalue weighted by atomic mass is 9.75. The first-order chi connectivity index (χ1) is 13.5. The maximum atomic E-state index is 14.8. The summed E-state index contributed by atoms with van der Waals surface area (Å²) in [4.78, 5) is 24.8. The number of nitrogens with one attached hydrogen (secondary N) is 1. The molecule has 4 rings (SSSR count). The van der Waals surface area contributed by atoms with Gasteiger partial charge in [0.2, 0.25) is 5.82 Å². The summed E-state index contributed by atoms with van der Waals surface area (Å²) in [7, 11) is 5.54. The van der Waals surface area contributed by atoms with Crippen molar-refractivity contribution in [3.8, 4) is 0 Å². The minimum Gasteiger partial charge on any atom is -0.381 e. The van der Waals surface area contributed by atoms with Crippen LogP contribution in [-0.4, -0.2) is 47.9 Å². The van der Waals surface area contributed by atoms with E-state index in [1.54, 1.807) is 6.07 Å². The number of nitrogens with two attached hydrogens (primary N) is 1. The van der Waals surface area contributed by atoms with Crippen molar-refractivity contribution in [3.05, 3.63) is 47.8 Å². The number of aromatic nitrogens is 2. The number of carbonyl (C=O) groups excluding carboxylic acids is 1. The Morgan fingerprint density at radius 3 is 2.96 bits per heavy atom. The Kier molecular flexibility index (Phi) is 5.07. The number of thioether (sulfide) groups is 1. The summed E-state index contributed by atoms with van der Waals surface area (Å²) in [6.45, 7) is 0.951. The smallest absolute Gasteiger partial charge is 0.293 e. The molecule has 1 aromatic carbocycles. The molecule has 2 aliphatic rings. The first kappa shape index (κ1) is 18.9. The fraction of sp³-hybridized carbons (Fsp3) is 0.333. The molecule has 1 fully saturated rings. The average Bonchev–Trinajstić information content (AvgIpc) is 2.69. The fourth-order valence-electron chi connectivity index (χ4n) is 3.54. The van der Waals surface area contributed by atoms with Gasteiger partial charge in [-0.2, -0.15) is 0 Å². The van der Waals surface area contributed by atoms with Crippen molar-refractivity contribution in [1.82, 2.24) is 9.97 Å². The quantitative estimate of drug-likeness (QED) is 0.748. The minimum atomic E-state index is -0.796. The molecule has 2 aliphatic heterocycles. The zero-order chi connectivity index (χ0) is 19.7. The number of amides is 1. The Hall–Kier alpha value is -2.46. The van der Waals surface area contributed by atoms with Gasteiger partial charge in [-0.25, -0.2) is 14.4 Å². The molecule has 0 bridgehead atoms. The van der Waals surface area contributed by atoms with Crippen molar-refractivity contribution in [1.29, 1.82) is 0 Å². The number of fused-ring (bicyclic) bond motifs is 1. The topological polar surface area (TPSA) is 102 Å². The van der Waals surface area contributed by atoms with Crippen LogP contribution in [0, 0.1) is 11.7 Å². The van der Waals surface area contributed by atoms with Crippen molar-refractivity contribution in [3.63, 3.8) is 0 Å². The highest BCUT2D eigenvalue weighted by Gasteiger charge is 2.47. The normalized spacial score (nSPS) is 24.2. The van der Waals surface area contributed by atoms with Crippen molar-refractivity contribution in [2.75, 3.05) is 24.3 Å². The molecule has 1 amide bonds. The van der Waals surface area contributed by atoms with Crippen LogP contribution < -0.4 is 16.5 Å². The van der Waals surface area contributed by atoms with E-state index in [2.05, 4.69) is 20.3 Å². The van der Waals surface area contributed by atoms with E-state index in [-0.39, 0.29) is 11.7 Å². The zero-order valence-corrected chi connectivity index (χ0v) is 15.7. The van der Waals surface area contributed by atoms with Gasteiger partial charge in [-0.15, -0.1) is 0 Å². The van der Waals surface area contributed by atoms with Crippen LogP contribution in [0.5, 0.6) is 0 Å². The van der Waals surface area contributed by atoms with E-state index in [1.807, 2.05) is 0 Å². The van der Waals surface area contributed by atoms with Gasteiger partial charge in [0, 0.05) is 48.3 Å². The molecule has 28 heavy (non-hydrogen) atoms. The summed E-state index contributed by atoms with van der Waals surface area (Å²) in [6.07, 6.45) is 3.22. The Bertz CT molecular complexity index is 942. The summed E-state index contributed by atoms with van der Waals surface area (Å²) in [5.74, 6) is -0.235. The fourth-order valence-corrected chi connectivity index (χ4v) is 4.51. The molecule has 2 atom stereocenters. The summed E-state index contributed by atoms with van der Waals surface area (Å²) < 4.78 is 20.4. The number of hydrogen-bond acceptors (Lipinski definition) is 7. The predicted molar refractivity (Wildman–Crippen MR) is 106 cm³/mol. The third-order valence-corrected chi connectivity index (χ3v) is 5.89. The van der Waals surface area contributed by atoms with Gasteiger partial charge in [-0.3, -0.25) is 9.79 Å². The van der Waals surface area contributed by atoms with Crippen molar-refractivity contribution in [2.24, 2.45) is 16.6 Å². The summed E-state index contributed by atoms with van der Waals surface area (Å²) >= 11 is 1.44. The van der Waals surface area contributed by atoms with Gasteiger partial charge in [0.05, 0.1) is 12.1 Å². The van der Waals surface area contributed by atoms with Crippen LogP contribution in [0.2, 0.25) is 0 Å². The highest BCUT2D eigenvalue weighted by Crippen LogP contribution is 2.46. The number of ether oxygens (including phenoxy) is 1. The van der Waals surface area contributed by atoms with Gasteiger partial charge in [-0.05, 0) is 18.2 Å². The maximum Gasteiger partial charge on any atom is 0.293 e. The van der Waals surface area contributed by atoms with Crippen molar-refractivity contribution < 1.29 is 13.9 Å². The molecule has 7 nitrogen and oxygen atoms in total. The summed E-state index contributed by atoms with van der Waals surface area (Å²) in [5, 5.41) is 3.13. The Labute approximate surface area is 166 Å². The molecule has 3 heterocycles. The van der Waals surface area contributed by atoms with E-state index >= 15 is 0 Å². The summed E-state index contributed by atoms with van der Waals surface area (Å²) in [6, 6.07) is 4.42. The highest BCUT2D eigenvalue weighted by atomic mass is 32.2. The maximum absolute atomic E-state index is 14.8.